The van der Waals surface area contributed by atoms with Crippen molar-refractivity contribution in [2.24, 2.45) is 0 Å². The van der Waals surface area contributed by atoms with E-state index < -0.39 is 10.0 Å². The number of aryl methyl sites for hydroxylation is 1. The molecule has 1 aromatic carbocycles. The van der Waals surface area contributed by atoms with Crippen LogP contribution in [0.2, 0.25) is 0 Å². The molecular formula is C17H18N6O2S. The molecule has 26 heavy (non-hydrogen) atoms. The maximum atomic E-state index is 12.6. The van der Waals surface area contributed by atoms with Crippen LogP contribution >= 0.6 is 0 Å². The van der Waals surface area contributed by atoms with Crippen LogP contribution in [0.25, 0.3) is 5.69 Å². The number of hydrogen-bond donors (Lipinski definition) is 1. The van der Waals surface area contributed by atoms with Crippen molar-refractivity contribution in [2.45, 2.75) is 37.0 Å². The van der Waals surface area contributed by atoms with Crippen LogP contribution in [0.5, 0.6) is 0 Å². The number of nitrogens with one attached hydrogen (secondary N) is 1. The maximum Gasteiger partial charge on any atom is 0.263 e. The lowest BCUT2D eigenvalue weighted by Crippen LogP contribution is -2.15. The molecule has 3 aromatic rings. The Morgan fingerprint density at radius 3 is 2.62 bits per heavy atom. The fourth-order valence-electron chi connectivity index (χ4n) is 2.97. The van der Waals surface area contributed by atoms with Crippen molar-refractivity contribution in [3.05, 3.63) is 54.0 Å². The van der Waals surface area contributed by atoms with Gasteiger partial charge >= 0.3 is 0 Å². The summed E-state index contributed by atoms with van der Waals surface area (Å²) in [5, 5.41) is 11.0. The molecule has 2 heterocycles. The number of hydrogen-bond acceptors (Lipinski definition) is 6. The molecule has 0 aliphatic heterocycles. The Hall–Kier alpha value is -2.81. The Kier molecular flexibility index (Phi) is 4.15. The van der Waals surface area contributed by atoms with Gasteiger partial charge in [0.25, 0.3) is 10.0 Å². The molecule has 8 nitrogen and oxygen atoms in total. The van der Waals surface area contributed by atoms with E-state index in [1.165, 1.54) is 41.9 Å². The van der Waals surface area contributed by atoms with Gasteiger partial charge in [-0.25, -0.2) is 18.1 Å². The van der Waals surface area contributed by atoms with E-state index in [1.54, 1.807) is 24.4 Å². The lowest BCUT2D eigenvalue weighted by molar-refractivity contribution is 0.419. The molecule has 0 radical (unpaired) electrons. The lowest BCUT2D eigenvalue weighted by atomic mass is 9.81. The van der Waals surface area contributed by atoms with Crippen molar-refractivity contribution >= 4 is 15.8 Å². The quantitative estimate of drug-likeness (QED) is 0.740. The summed E-state index contributed by atoms with van der Waals surface area (Å²) in [6.07, 6.45) is 6.83. The molecule has 1 saturated carbocycles. The van der Waals surface area contributed by atoms with Crippen LogP contribution in [0.1, 0.15) is 36.3 Å². The Morgan fingerprint density at radius 1 is 1.19 bits per heavy atom. The van der Waals surface area contributed by atoms with Gasteiger partial charge in [-0.3, -0.25) is 4.72 Å². The Labute approximate surface area is 151 Å². The minimum absolute atomic E-state index is 0.164. The van der Waals surface area contributed by atoms with E-state index in [0.717, 1.165) is 11.3 Å². The minimum atomic E-state index is -3.72. The number of sulfonamides is 1. The highest BCUT2D eigenvalue weighted by Crippen LogP contribution is 2.36. The third-order valence-corrected chi connectivity index (χ3v) is 6.03. The van der Waals surface area contributed by atoms with E-state index in [4.69, 9.17) is 0 Å². The van der Waals surface area contributed by atoms with Gasteiger partial charge in [0.2, 0.25) is 0 Å². The summed E-state index contributed by atoms with van der Waals surface area (Å²) >= 11 is 0. The van der Waals surface area contributed by atoms with Crippen LogP contribution in [-0.4, -0.2) is 33.6 Å². The second kappa shape index (κ2) is 6.49. The predicted octanol–water partition coefficient (Wildman–Crippen LogP) is 2.43. The van der Waals surface area contributed by atoms with Crippen molar-refractivity contribution in [1.29, 1.82) is 0 Å². The van der Waals surface area contributed by atoms with Crippen LogP contribution in [0.3, 0.4) is 0 Å². The second-order valence-corrected chi connectivity index (χ2v) is 8.10. The normalized spacial score (nSPS) is 14.8. The summed E-state index contributed by atoms with van der Waals surface area (Å²) in [5.74, 6) is 0.880. The van der Waals surface area contributed by atoms with Crippen LogP contribution in [-0.2, 0) is 10.0 Å². The standard InChI is InChI=1S/C17H18N6O2S/c1-12-9-15(6-7-16(12)23-11-19-21-22-23)26(24,25)20-17-8-5-14(10-18-17)13-3-2-4-13/h5-11,13H,2-4H2,1H3,(H,18,20). The molecule has 0 amide bonds. The fourth-order valence-corrected chi connectivity index (χ4v) is 4.06. The van der Waals surface area contributed by atoms with E-state index in [1.807, 2.05) is 13.0 Å². The molecule has 4 rings (SSSR count). The van der Waals surface area contributed by atoms with Crippen molar-refractivity contribution in [3.8, 4) is 5.69 Å². The first-order chi connectivity index (χ1) is 12.5. The molecule has 2 aromatic heterocycles. The highest BCUT2D eigenvalue weighted by atomic mass is 32.2. The van der Waals surface area contributed by atoms with E-state index in [-0.39, 0.29) is 4.90 Å². The molecule has 0 atom stereocenters. The number of pyridine rings is 1. The van der Waals surface area contributed by atoms with Gasteiger partial charge in [0.15, 0.2) is 0 Å². The highest BCUT2D eigenvalue weighted by Gasteiger charge is 2.20. The lowest BCUT2D eigenvalue weighted by Gasteiger charge is -2.25. The van der Waals surface area contributed by atoms with Gasteiger partial charge in [0.1, 0.15) is 12.1 Å². The zero-order chi connectivity index (χ0) is 18.1. The second-order valence-electron chi connectivity index (χ2n) is 6.41. The molecule has 1 aliphatic rings. The average Bonchev–Trinajstić information content (AvgIpc) is 3.09. The Morgan fingerprint density at radius 2 is 2.04 bits per heavy atom. The first kappa shape index (κ1) is 16.6. The fraction of sp³-hybridized carbons (Fsp3) is 0.294. The molecule has 1 N–H and O–H groups in total. The number of aromatic nitrogens is 5. The molecule has 0 unspecified atom stereocenters. The highest BCUT2D eigenvalue weighted by molar-refractivity contribution is 7.92. The summed E-state index contributed by atoms with van der Waals surface area (Å²) in [5.41, 5.74) is 2.63. The first-order valence-electron chi connectivity index (χ1n) is 8.36. The molecule has 0 bridgehead atoms. The maximum absolute atomic E-state index is 12.6. The zero-order valence-electron chi connectivity index (χ0n) is 14.2. The largest absolute Gasteiger partial charge is 0.263 e. The SMILES string of the molecule is Cc1cc(S(=O)(=O)Nc2ccc(C3CCC3)cn2)ccc1-n1cnnn1. The van der Waals surface area contributed by atoms with E-state index >= 15 is 0 Å². The van der Waals surface area contributed by atoms with Crippen molar-refractivity contribution in [2.75, 3.05) is 4.72 Å². The van der Waals surface area contributed by atoms with E-state index in [0.29, 0.717) is 11.7 Å². The summed E-state index contributed by atoms with van der Waals surface area (Å²) in [7, 11) is -3.72. The molecular weight excluding hydrogens is 352 g/mol. The van der Waals surface area contributed by atoms with Crippen molar-refractivity contribution < 1.29 is 8.42 Å². The summed E-state index contributed by atoms with van der Waals surface area (Å²) < 4.78 is 29.3. The Balaban J connectivity index is 1.55. The summed E-state index contributed by atoms with van der Waals surface area (Å²) in [6, 6.07) is 8.44. The number of anilines is 1. The average molecular weight is 370 g/mol. The van der Waals surface area contributed by atoms with Crippen molar-refractivity contribution in [1.82, 2.24) is 25.2 Å². The molecule has 0 saturated heterocycles. The number of nitrogens with zero attached hydrogens (tertiary/aromatic N) is 5. The molecule has 0 spiro atoms. The third kappa shape index (κ3) is 3.17. The van der Waals surface area contributed by atoms with Crippen molar-refractivity contribution in [3.63, 3.8) is 0 Å². The zero-order valence-corrected chi connectivity index (χ0v) is 15.0. The molecule has 134 valence electrons. The Bertz CT molecular complexity index is 1010. The minimum Gasteiger partial charge on any atom is -0.263 e. The van der Waals surface area contributed by atoms with Crippen LogP contribution in [0.15, 0.2) is 47.8 Å². The smallest absolute Gasteiger partial charge is 0.263 e. The van der Waals surface area contributed by atoms with Gasteiger partial charge in [0.05, 0.1) is 10.6 Å². The van der Waals surface area contributed by atoms with Gasteiger partial charge in [-0.05, 0) is 71.5 Å². The van der Waals surface area contributed by atoms with Crippen LogP contribution < -0.4 is 4.72 Å². The molecule has 1 aliphatic carbocycles. The monoisotopic (exact) mass is 370 g/mol. The van der Waals surface area contributed by atoms with Gasteiger partial charge in [-0.1, -0.05) is 12.5 Å². The van der Waals surface area contributed by atoms with Gasteiger partial charge < -0.3 is 0 Å². The van der Waals surface area contributed by atoms with Crippen LogP contribution in [0, 0.1) is 6.92 Å². The van der Waals surface area contributed by atoms with Gasteiger partial charge in [0, 0.05) is 6.20 Å². The topological polar surface area (TPSA) is 103 Å². The summed E-state index contributed by atoms with van der Waals surface area (Å²) in [6.45, 7) is 1.81. The summed E-state index contributed by atoms with van der Waals surface area (Å²) in [4.78, 5) is 4.42. The molecule has 1 fully saturated rings. The third-order valence-electron chi connectivity index (χ3n) is 4.68. The van der Waals surface area contributed by atoms with E-state index in [9.17, 15) is 8.42 Å². The van der Waals surface area contributed by atoms with E-state index in [2.05, 4.69) is 25.2 Å². The number of tetrazole rings is 1. The number of rotatable bonds is 5. The first-order valence-corrected chi connectivity index (χ1v) is 9.84. The van der Waals surface area contributed by atoms with Crippen LogP contribution in [0.4, 0.5) is 5.82 Å². The van der Waals surface area contributed by atoms with Gasteiger partial charge in [-0.15, -0.1) is 5.10 Å². The predicted molar refractivity (Wildman–Crippen MR) is 95.5 cm³/mol. The number of benzene rings is 1. The molecule has 9 heteroatoms. The van der Waals surface area contributed by atoms with Gasteiger partial charge in [-0.2, -0.15) is 0 Å².